The topological polar surface area (TPSA) is 66.4 Å². The van der Waals surface area contributed by atoms with Crippen LogP contribution in [0.2, 0.25) is 0 Å². The molecule has 1 aliphatic rings. The normalized spacial score (nSPS) is 13.1. The van der Waals surface area contributed by atoms with E-state index >= 15 is 0 Å². The molecule has 0 saturated carbocycles. The molecule has 0 bridgehead atoms. The Kier molecular flexibility index (Phi) is 1.52. The third-order valence-corrected chi connectivity index (χ3v) is 1.99. The van der Waals surface area contributed by atoms with Crippen LogP contribution in [-0.4, -0.2) is 17.0 Å². The van der Waals surface area contributed by atoms with Crippen molar-refractivity contribution in [2.75, 3.05) is 0 Å². The number of hydrogen-bond donors (Lipinski definition) is 2. The van der Waals surface area contributed by atoms with Gasteiger partial charge in [-0.25, -0.2) is 0 Å². The first-order chi connectivity index (χ1) is 6.20. The molecule has 3 nitrogen and oxygen atoms in total. The molecule has 0 aliphatic heterocycles. The zero-order valence-corrected chi connectivity index (χ0v) is 6.78. The van der Waals surface area contributed by atoms with Gasteiger partial charge in [-0.3, -0.25) is 0 Å². The molecule has 2 N–H and O–H groups in total. The first kappa shape index (κ1) is 7.73. The Morgan fingerprint density at radius 2 is 1.85 bits per heavy atom. The molecule has 3 heteroatoms. The molecule has 1 aromatic carbocycles. The number of nitrogens with one attached hydrogen (secondary N) is 1. The summed E-state index contributed by atoms with van der Waals surface area (Å²) in [5.41, 5.74) is 0.634. The second-order valence-electron chi connectivity index (χ2n) is 2.90. The zero-order chi connectivity index (χ0) is 9.42. The molecule has 1 aliphatic carbocycles. The van der Waals surface area contributed by atoms with Crippen molar-refractivity contribution in [1.82, 2.24) is 0 Å². The van der Waals surface area contributed by atoms with Gasteiger partial charge in [-0.15, -0.1) is 0 Å². The van der Waals surface area contributed by atoms with E-state index in [9.17, 15) is 10.5 Å². The van der Waals surface area contributed by atoms with Gasteiger partial charge in [-0.05, 0) is 22.6 Å². The minimum absolute atomic E-state index is 0.0631. The molecule has 0 radical (unpaired) electrons. The third kappa shape index (κ3) is 1.14. The van der Waals surface area contributed by atoms with Gasteiger partial charge in [-0.1, -0.05) is 12.2 Å². The van der Waals surface area contributed by atoms with E-state index in [0.717, 1.165) is 16.7 Å². The first-order valence-corrected chi connectivity index (χ1v) is 3.83. The van der Waals surface area contributed by atoms with Crippen molar-refractivity contribution >= 4 is 24.1 Å². The lowest BCUT2D eigenvalue weighted by molar-refractivity contribution is 0.474. The van der Waals surface area contributed by atoms with Gasteiger partial charge in [0.2, 0.25) is 0 Å². The van der Waals surface area contributed by atoms with Crippen molar-refractivity contribution < 1.29 is 5.11 Å². The Hall–Kier alpha value is -1.90. The highest BCUT2D eigenvalue weighted by atomic mass is 16.3. The van der Waals surface area contributed by atoms with Gasteiger partial charge < -0.3 is 15.9 Å². The van der Waals surface area contributed by atoms with Gasteiger partial charge >= 0.3 is 0 Å². The Morgan fingerprint density at radius 3 is 2.46 bits per heavy atom. The second-order valence-corrected chi connectivity index (χ2v) is 2.90. The second kappa shape index (κ2) is 2.55. The molecule has 0 unspecified atom stereocenters. The van der Waals surface area contributed by atoms with Gasteiger partial charge in [0, 0.05) is 11.8 Å². The third-order valence-electron chi connectivity index (χ3n) is 1.99. The van der Waals surface area contributed by atoms with Crippen LogP contribution in [0.1, 0.15) is 5.56 Å². The minimum Gasteiger partial charge on any atom is -0.804 e. The van der Waals surface area contributed by atoms with Crippen LogP contribution in [0.4, 0.5) is 0 Å². The largest absolute Gasteiger partial charge is 0.804 e. The molecule has 0 saturated heterocycles. The predicted octanol–water partition coefficient (Wildman–Crippen LogP) is -0.0251. The minimum atomic E-state index is 0.0631. The molecule has 0 aromatic heterocycles. The van der Waals surface area contributed by atoms with E-state index in [-0.39, 0.29) is 11.5 Å². The number of phenolic OH excluding ortho intramolecular Hbond substituents is 1. The Labute approximate surface area is 74.7 Å². The standard InChI is InChI=1S/C10H7N2O/c11-5-8-1-6-2-9(12)3-7(6)4-10(8)13/h1-5,11,13H/q-1. The molecular formula is C10H7N2O-. The highest BCUT2D eigenvalue weighted by molar-refractivity contribution is 6.31. The summed E-state index contributed by atoms with van der Waals surface area (Å²) in [5.74, 6) is 0.0631. The average Bonchev–Trinajstić information content (AvgIpc) is 2.42. The maximum atomic E-state index is 9.38. The van der Waals surface area contributed by atoms with Crippen LogP contribution >= 0.6 is 0 Å². The lowest BCUT2D eigenvalue weighted by Crippen LogP contribution is -2.21. The maximum Gasteiger partial charge on any atom is 0.124 e. The molecule has 1 aromatic rings. The van der Waals surface area contributed by atoms with Gasteiger partial charge in [0.1, 0.15) is 5.75 Å². The molecule has 0 atom stereocenters. The average molecular weight is 171 g/mol. The Morgan fingerprint density at radius 1 is 1.23 bits per heavy atom. The van der Waals surface area contributed by atoms with E-state index in [0.29, 0.717) is 5.56 Å². The van der Waals surface area contributed by atoms with Crippen LogP contribution in [-0.2, 0) is 0 Å². The van der Waals surface area contributed by atoms with Crippen molar-refractivity contribution in [3.05, 3.63) is 33.5 Å². The van der Waals surface area contributed by atoms with Crippen LogP contribution in [0.3, 0.4) is 0 Å². The van der Waals surface area contributed by atoms with Crippen LogP contribution in [0.5, 0.6) is 5.75 Å². The summed E-state index contributed by atoms with van der Waals surface area (Å²) in [6, 6.07) is 3.20. The summed E-state index contributed by atoms with van der Waals surface area (Å²) < 4.78 is 0. The van der Waals surface area contributed by atoms with Gasteiger partial charge in [0.25, 0.3) is 0 Å². The quantitative estimate of drug-likeness (QED) is 0.573. The van der Waals surface area contributed by atoms with Crippen LogP contribution in [0.25, 0.3) is 17.6 Å². The van der Waals surface area contributed by atoms with Crippen molar-refractivity contribution in [2.45, 2.75) is 0 Å². The SMILES string of the molecule is [N-]=C1C=c2cc(O)c(C=N)cc2=C1. The number of benzene rings is 1. The molecule has 0 amide bonds. The lowest BCUT2D eigenvalue weighted by atomic mass is 10.1. The van der Waals surface area contributed by atoms with E-state index in [4.69, 9.17) is 5.41 Å². The number of rotatable bonds is 1. The molecule has 2 rings (SSSR count). The van der Waals surface area contributed by atoms with E-state index in [1.165, 1.54) is 6.07 Å². The Bertz CT molecular complexity index is 514. The lowest BCUT2D eigenvalue weighted by Gasteiger charge is -1.96. The van der Waals surface area contributed by atoms with Gasteiger partial charge in [0.15, 0.2) is 0 Å². The van der Waals surface area contributed by atoms with E-state index in [1.807, 2.05) is 0 Å². The highest BCUT2D eigenvalue weighted by Crippen LogP contribution is 2.08. The van der Waals surface area contributed by atoms with E-state index < -0.39 is 0 Å². The zero-order valence-electron chi connectivity index (χ0n) is 6.78. The smallest absolute Gasteiger partial charge is 0.124 e. The summed E-state index contributed by atoms with van der Waals surface area (Å²) in [6.07, 6.45) is 4.25. The van der Waals surface area contributed by atoms with Gasteiger partial charge in [0.05, 0.1) is 0 Å². The molecule has 0 fully saturated rings. The van der Waals surface area contributed by atoms with E-state index in [1.54, 1.807) is 18.2 Å². The van der Waals surface area contributed by atoms with Crippen molar-refractivity contribution in [3.8, 4) is 5.75 Å². The number of hydrogen-bond acceptors (Lipinski definition) is 2. The summed E-state index contributed by atoms with van der Waals surface area (Å²) in [7, 11) is 0. The van der Waals surface area contributed by atoms with Crippen LogP contribution < -0.4 is 10.4 Å². The summed E-state index contributed by atoms with van der Waals surface area (Å²) >= 11 is 0. The number of fused-ring (bicyclic) bond motifs is 1. The number of nitrogens with zero attached hydrogens (tertiary/aromatic N) is 1. The molecule has 0 spiro atoms. The van der Waals surface area contributed by atoms with Crippen LogP contribution in [0.15, 0.2) is 12.1 Å². The first-order valence-electron chi connectivity index (χ1n) is 3.83. The van der Waals surface area contributed by atoms with Crippen LogP contribution in [0, 0.1) is 5.41 Å². The van der Waals surface area contributed by atoms with Crippen molar-refractivity contribution in [3.63, 3.8) is 0 Å². The number of aromatic hydroxyl groups is 1. The monoisotopic (exact) mass is 171 g/mol. The summed E-state index contributed by atoms with van der Waals surface area (Å²) in [4.78, 5) is 0. The summed E-state index contributed by atoms with van der Waals surface area (Å²) in [6.45, 7) is 0. The molecule has 13 heavy (non-hydrogen) atoms. The van der Waals surface area contributed by atoms with Gasteiger partial charge in [-0.2, -0.15) is 5.71 Å². The van der Waals surface area contributed by atoms with Crippen molar-refractivity contribution in [1.29, 1.82) is 5.41 Å². The fourth-order valence-corrected chi connectivity index (χ4v) is 1.36. The number of phenols is 1. The summed E-state index contributed by atoms with van der Waals surface area (Å²) in [5, 5.41) is 27.2. The van der Waals surface area contributed by atoms with E-state index in [2.05, 4.69) is 0 Å². The molecular weight excluding hydrogens is 164 g/mol. The fraction of sp³-hybridized carbons (Fsp3) is 0. The predicted molar refractivity (Wildman–Crippen MR) is 52.5 cm³/mol. The molecule has 64 valence electrons. The Balaban J connectivity index is 2.85. The van der Waals surface area contributed by atoms with Crippen molar-refractivity contribution in [2.24, 2.45) is 0 Å². The highest BCUT2D eigenvalue weighted by Gasteiger charge is 2.00. The maximum absolute atomic E-state index is 9.38. The molecule has 0 heterocycles. The fourth-order valence-electron chi connectivity index (χ4n) is 1.36.